The SMILES string of the molecule is CCCCCCN(CCN1CCOCC1)C(=O)c1nn(-c2ccc(F)cc2)c2c1CCC2. The molecule has 0 saturated carbocycles. The average molecular weight is 443 g/mol. The van der Waals surface area contributed by atoms with Gasteiger partial charge in [-0.1, -0.05) is 26.2 Å². The second kappa shape index (κ2) is 11.1. The molecule has 0 N–H and O–H groups in total. The first-order chi connectivity index (χ1) is 15.7. The molecule has 1 saturated heterocycles. The number of amides is 1. The quantitative estimate of drug-likeness (QED) is 0.525. The molecular weight excluding hydrogens is 407 g/mol. The number of nitrogens with zero attached hydrogens (tertiary/aromatic N) is 4. The number of hydrogen-bond acceptors (Lipinski definition) is 4. The Bertz CT molecular complexity index is 890. The summed E-state index contributed by atoms with van der Waals surface area (Å²) in [5.74, 6) is -0.232. The zero-order valence-electron chi connectivity index (χ0n) is 19.2. The Morgan fingerprint density at radius 1 is 1.09 bits per heavy atom. The van der Waals surface area contributed by atoms with E-state index in [9.17, 15) is 9.18 Å². The van der Waals surface area contributed by atoms with E-state index in [0.29, 0.717) is 12.2 Å². The van der Waals surface area contributed by atoms with Gasteiger partial charge >= 0.3 is 0 Å². The van der Waals surface area contributed by atoms with Crippen LogP contribution in [0.3, 0.4) is 0 Å². The van der Waals surface area contributed by atoms with Crippen LogP contribution in [-0.2, 0) is 17.6 Å². The number of hydrogen-bond donors (Lipinski definition) is 0. The lowest BCUT2D eigenvalue weighted by Crippen LogP contribution is -2.43. The largest absolute Gasteiger partial charge is 0.379 e. The number of rotatable bonds is 10. The van der Waals surface area contributed by atoms with Gasteiger partial charge in [-0.25, -0.2) is 9.07 Å². The van der Waals surface area contributed by atoms with E-state index in [4.69, 9.17) is 9.84 Å². The molecule has 174 valence electrons. The predicted octanol–water partition coefficient (Wildman–Crippen LogP) is 3.85. The summed E-state index contributed by atoms with van der Waals surface area (Å²) in [7, 11) is 0. The molecule has 2 aliphatic rings. The summed E-state index contributed by atoms with van der Waals surface area (Å²) in [6.45, 7) is 7.92. The topological polar surface area (TPSA) is 50.6 Å². The van der Waals surface area contributed by atoms with E-state index in [2.05, 4.69) is 11.8 Å². The molecule has 1 aliphatic heterocycles. The van der Waals surface area contributed by atoms with Crippen LogP contribution in [-0.4, -0.2) is 71.4 Å². The normalized spacial score (nSPS) is 16.3. The van der Waals surface area contributed by atoms with Crippen molar-refractivity contribution in [2.24, 2.45) is 0 Å². The number of benzene rings is 1. The second-order valence-corrected chi connectivity index (χ2v) is 8.82. The summed E-state index contributed by atoms with van der Waals surface area (Å²) < 4.78 is 20.7. The molecule has 6 nitrogen and oxygen atoms in total. The van der Waals surface area contributed by atoms with Crippen molar-refractivity contribution in [3.63, 3.8) is 0 Å². The number of carbonyl (C=O) groups excluding carboxylic acids is 1. The van der Waals surface area contributed by atoms with Crippen molar-refractivity contribution in [1.29, 1.82) is 0 Å². The minimum Gasteiger partial charge on any atom is -0.379 e. The minimum atomic E-state index is -0.268. The molecular formula is C25H35FN4O2. The van der Waals surface area contributed by atoms with E-state index < -0.39 is 0 Å². The van der Waals surface area contributed by atoms with Gasteiger partial charge in [-0.3, -0.25) is 9.69 Å². The predicted molar refractivity (Wildman–Crippen MR) is 123 cm³/mol. The Hall–Kier alpha value is -2.25. The molecule has 1 aromatic heterocycles. The fourth-order valence-electron chi connectivity index (χ4n) is 4.69. The van der Waals surface area contributed by atoms with Gasteiger partial charge in [-0.05, 0) is 49.9 Å². The first-order valence-electron chi connectivity index (χ1n) is 12.1. The van der Waals surface area contributed by atoms with Crippen molar-refractivity contribution in [3.05, 3.63) is 47.0 Å². The van der Waals surface area contributed by atoms with Crippen molar-refractivity contribution >= 4 is 5.91 Å². The van der Waals surface area contributed by atoms with Gasteiger partial charge in [0.05, 0.1) is 18.9 Å². The molecule has 2 aromatic rings. The molecule has 1 aliphatic carbocycles. The molecule has 32 heavy (non-hydrogen) atoms. The van der Waals surface area contributed by atoms with Crippen LogP contribution >= 0.6 is 0 Å². The van der Waals surface area contributed by atoms with Crippen molar-refractivity contribution < 1.29 is 13.9 Å². The monoisotopic (exact) mass is 442 g/mol. The van der Waals surface area contributed by atoms with E-state index in [1.807, 2.05) is 9.58 Å². The van der Waals surface area contributed by atoms with Crippen molar-refractivity contribution in [1.82, 2.24) is 19.6 Å². The lowest BCUT2D eigenvalue weighted by molar-refractivity contribution is 0.0323. The van der Waals surface area contributed by atoms with E-state index in [-0.39, 0.29) is 11.7 Å². The average Bonchev–Trinajstić information content (AvgIpc) is 3.43. The van der Waals surface area contributed by atoms with Gasteiger partial charge in [0.15, 0.2) is 5.69 Å². The molecule has 1 amide bonds. The molecule has 0 atom stereocenters. The van der Waals surface area contributed by atoms with Gasteiger partial charge in [0.1, 0.15) is 5.82 Å². The van der Waals surface area contributed by atoms with E-state index in [1.54, 1.807) is 12.1 Å². The van der Waals surface area contributed by atoms with Gasteiger partial charge in [0.2, 0.25) is 0 Å². The lowest BCUT2D eigenvalue weighted by Gasteiger charge is -2.30. The Morgan fingerprint density at radius 2 is 1.88 bits per heavy atom. The highest BCUT2D eigenvalue weighted by Gasteiger charge is 2.29. The van der Waals surface area contributed by atoms with Crippen molar-refractivity contribution in [3.8, 4) is 5.69 Å². The van der Waals surface area contributed by atoms with Crippen LogP contribution in [0.4, 0.5) is 4.39 Å². The summed E-state index contributed by atoms with van der Waals surface area (Å²) in [5, 5.41) is 4.76. The number of morpholine rings is 1. The fourth-order valence-corrected chi connectivity index (χ4v) is 4.69. The van der Waals surface area contributed by atoms with Crippen molar-refractivity contribution in [2.75, 3.05) is 45.9 Å². The summed E-state index contributed by atoms with van der Waals surface area (Å²) in [4.78, 5) is 18.1. The summed E-state index contributed by atoms with van der Waals surface area (Å²) in [6.07, 6.45) is 7.34. The molecule has 0 radical (unpaired) electrons. The van der Waals surface area contributed by atoms with Gasteiger partial charge in [0.25, 0.3) is 5.91 Å². The van der Waals surface area contributed by atoms with Crippen LogP contribution in [0.1, 0.15) is 60.8 Å². The van der Waals surface area contributed by atoms with Crippen molar-refractivity contribution in [2.45, 2.75) is 51.9 Å². The molecule has 2 heterocycles. The standard InChI is InChI=1S/C25H35FN4O2/c1-2-3-4-5-13-29(15-14-28-16-18-32-19-17-28)25(31)24-22-7-6-8-23(22)30(27-24)21-11-9-20(26)10-12-21/h9-12H,2-8,13-19H2,1H3. The second-order valence-electron chi connectivity index (χ2n) is 8.82. The highest BCUT2D eigenvalue weighted by Crippen LogP contribution is 2.29. The Labute approximate surface area is 190 Å². The third-order valence-electron chi connectivity index (χ3n) is 6.56. The van der Waals surface area contributed by atoms with Crippen LogP contribution in [0.25, 0.3) is 5.69 Å². The van der Waals surface area contributed by atoms with Crippen LogP contribution in [0.5, 0.6) is 0 Å². The third-order valence-corrected chi connectivity index (χ3v) is 6.56. The number of fused-ring (bicyclic) bond motifs is 1. The third kappa shape index (κ3) is 5.38. The molecule has 7 heteroatoms. The number of unbranched alkanes of at least 4 members (excludes halogenated alkanes) is 3. The van der Waals surface area contributed by atoms with Crippen LogP contribution in [0.2, 0.25) is 0 Å². The minimum absolute atomic E-state index is 0.0359. The smallest absolute Gasteiger partial charge is 0.274 e. The molecule has 0 unspecified atom stereocenters. The Morgan fingerprint density at radius 3 is 2.62 bits per heavy atom. The van der Waals surface area contributed by atoms with Gasteiger partial charge in [-0.15, -0.1) is 0 Å². The van der Waals surface area contributed by atoms with Crippen LogP contribution in [0, 0.1) is 5.82 Å². The number of carbonyl (C=O) groups is 1. The summed E-state index contributed by atoms with van der Waals surface area (Å²) in [6, 6.07) is 6.36. The van der Waals surface area contributed by atoms with Gasteiger partial charge < -0.3 is 9.64 Å². The number of aromatic nitrogens is 2. The molecule has 4 rings (SSSR count). The summed E-state index contributed by atoms with van der Waals surface area (Å²) in [5.41, 5.74) is 3.56. The molecule has 0 bridgehead atoms. The maximum atomic E-state index is 13.7. The van der Waals surface area contributed by atoms with Gasteiger partial charge in [-0.2, -0.15) is 5.10 Å². The highest BCUT2D eigenvalue weighted by molar-refractivity contribution is 5.94. The zero-order valence-corrected chi connectivity index (χ0v) is 19.2. The molecule has 0 spiro atoms. The van der Waals surface area contributed by atoms with Gasteiger partial charge in [0, 0.05) is 44.0 Å². The van der Waals surface area contributed by atoms with E-state index >= 15 is 0 Å². The lowest BCUT2D eigenvalue weighted by atomic mass is 10.1. The summed E-state index contributed by atoms with van der Waals surface area (Å²) >= 11 is 0. The first kappa shape index (κ1) is 22.9. The molecule has 1 aromatic carbocycles. The maximum Gasteiger partial charge on any atom is 0.274 e. The Kier molecular flexibility index (Phi) is 7.92. The van der Waals surface area contributed by atoms with Crippen LogP contribution in [0.15, 0.2) is 24.3 Å². The van der Waals surface area contributed by atoms with E-state index in [1.165, 1.54) is 25.0 Å². The fraction of sp³-hybridized carbons (Fsp3) is 0.600. The zero-order chi connectivity index (χ0) is 22.3. The number of halogens is 1. The van der Waals surface area contributed by atoms with E-state index in [0.717, 1.165) is 88.4 Å². The number of ether oxygens (including phenoxy) is 1. The maximum absolute atomic E-state index is 13.7. The molecule has 1 fully saturated rings. The Balaban J connectivity index is 1.53. The highest BCUT2D eigenvalue weighted by atomic mass is 19.1. The van der Waals surface area contributed by atoms with Crippen LogP contribution < -0.4 is 0 Å². The first-order valence-corrected chi connectivity index (χ1v) is 12.1.